The lowest BCUT2D eigenvalue weighted by Crippen LogP contribution is -2.43. The van der Waals surface area contributed by atoms with Crippen molar-refractivity contribution >= 4 is 5.69 Å². The summed E-state index contributed by atoms with van der Waals surface area (Å²) >= 11 is 0. The average Bonchev–Trinajstić information content (AvgIpc) is 2.42. The Balaban J connectivity index is 2.17. The third kappa shape index (κ3) is 3.12. The highest BCUT2D eigenvalue weighted by Gasteiger charge is 2.23. The van der Waals surface area contributed by atoms with E-state index in [0.717, 1.165) is 6.54 Å². The Bertz CT molecular complexity index is 507. The van der Waals surface area contributed by atoms with E-state index in [9.17, 15) is 10.1 Å². The minimum absolute atomic E-state index is 0.0169. The predicted molar refractivity (Wildman–Crippen MR) is 72.5 cm³/mol. The van der Waals surface area contributed by atoms with Crippen LogP contribution in [-0.2, 0) is 11.3 Å². The molecule has 0 radical (unpaired) electrons. The van der Waals surface area contributed by atoms with E-state index in [0.29, 0.717) is 36.5 Å². The highest BCUT2D eigenvalue weighted by atomic mass is 16.6. The molecule has 1 aromatic rings. The molecule has 20 heavy (non-hydrogen) atoms. The standard InChI is InChI=1S/C13H19N3O4/c1-9-5-14-12(10(2)13(9)16(18)19)7-15-3-4-20-11(6-15)8-17/h5,11,17H,3-4,6-8H2,1-2H3. The van der Waals surface area contributed by atoms with Crippen LogP contribution in [0.2, 0.25) is 0 Å². The SMILES string of the molecule is Cc1cnc(CN2CCOC(CO)C2)c(C)c1[N+](=O)[O-]. The average molecular weight is 281 g/mol. The first-order chi connectivity index (χ1) is 9.52. The Kier molecular flexibility index (Phi) is 4.64. The Morgan fingerprint density at radius 2 is 2.35 bits per heavy atom. The van der Waals surface area contributed by atoms with E-state index in [1.165, 1.54) is 0 Å². The maximum Gasteiger partial charge on any atom is 0.278 e. The minimum Gasteiger partial charge on any atom is -0.394 e. The molecular weight excluding hydrogens is 262 g/mol. The maximum atomic E-state index is 11.1. The summed E-state index contributed by atoms with van der Waals surface area (Å²) in [6, 6.07) is 0. The number of hydrogen-bond acceptors (Lipinski definition) is 6. The summed E-state index contributed by atoms with van der Waals surface area (Å²) in [6.45, 7) is 5.84. The lowest BCUT2D eigenvalue weighted by molar-refractivity contribution is -0.386. The Morgan fingerprint density at radius 1 is 1.60 bits per heavy atom. The number of aromatic nitrogens is 1. The molecule has 1 aromatic heterocycles. The van der Waals surface area contributed by atoms with Gasteiger partial charge in [-0.3, -0.25) is 20.0 Å². The fourth-order valence-electron chi connectivity index (χ4n) is 2.45. The summed E-state index contributed by atoms with van der Waals surface area (Å²) < 4.78 is 5.39. The first-order valence-electron chi connectivity index (χ1n) is 6.57. The number of aryl methyl sites for hydroxylation is 1. The van der Waals surface area contributed by atoms with Crippen molar-refractivity contribution in [3.63, 3.8) is 0 Å². The highest BCUT2D eigenvalue weighted by molar-refractivity contribution is 5.47. The molecule has 1 unspecified atom stereocenters. The second-order valence-electron chi connectivity index (χ2n) is 5.03. The first kappa shape index (κ1) is 14.8. The van der Waals surface area contributed by atoms with Gasteiger partial charge in [-0.1, -0.05) is 0 Å². The summed E-state index contributed by atoms with van der Waals surface area (Å²) in [4.78, 5) is 17.2. The molecule has 1 atom stereocenters. The molecule has 0 aliphatic carbocycles. The predicted octanol–water partition coefficient (Wildman–Crippen LogP) is 0.800. The zero-order valence-corrected chi connectivity index (χ0v) is 11.7. The number of rotatable bonds is 4. The monoisotopic (exact) mass is 281 g/mol. The van der Waals surface area contributed by atoms with Gasteiger partial charge in [-0.25, -0.2) is 0 Å². The van der Waals surface area contributed by atoms with Gasteiger partial charge in [0, 0.05) is 37.0 Å². The summed E-state index contributed by atoms with van der Waals surface area (Å²) in [5.41, 5.74) is 2.04. The third-order valence-corrected chi connectivity index (χ3v) is 3.56. The second kappa shape index (κ2) is 6.25. The number of aliphatic hydroxyl groups is 1. The molecule has 110 valence electrons. The molecule has 0 bridgehead atoms. The molecular formula is C13H19N3O4. The van der Waals surface area contributed by atoms with Crippen LogP contribution >= 0.6 is 0 Å². The molecule has 0 spiro atoms. The number of pyridine rings is 1. The van der Waals surface area contributed by atoms with Crippen LogP contribution in [0.3, 0.4) is 0 Å². The Hall–Kier alpha value is -1.57. The van der Waals surface area contributed by atoms with E-state index in [2.05, 4.69) is 9.88 Å². The molecule has 0 aromatic carbocycles. The molecule has 1 N–H and O–H groups in total. The van der Waals surface area contributed by atoms with Crippen LogP contribution in [0.15, 0.2) is 6.20 Å². The zero-order valence-electron chi connectivity index (χ0n) is 11.7. The smallest absolute Gasteiger partial charge is 0.278 e. The van der Waals surface area contributed by atoms with Crippen LogP contribution in [0.5, 0.6) is 0 Å². The van der Waals surface area contributed by atoms with Crippen LogP contribution < -0.4 is 0 Å². The van der Waals surface area contributed by atoms with Crippen molar-refractivity contribution in [3.05, 3.63) is 33.1 Å². The summed E-state index contributed by atoms with van der Waals surface area (Å²) in [7, 11) is 0. The summed E-state index contributed by atoms with van der Waals surface area (Å²) in [6.07, 6.45) is 1.36. The fourth-order valence-corrected chi connectivity index (χ4v) is 2.45. The van der Waals surface area contributed by atoms with Crippen molar-refractivity contribution in [1.82, 2.24) is 9.88 Å². The minimum atomic E-state index is -0.355. The van der Waals surface area contributed by atoms with Gasteiger partial charge >= 0.3 is 0 Å². The topological polar surface area (TPSA) is 88.7 Å². The van der Waals surface area contributed by atoms with Crippen LogP contribution in [0, 0.1) is 24.0 Å². The summed E-state index contributed by atoms with van der Waals surface area (Å²) in [5, 5.41) is 20.2. The molecule has 2 rings (SSSR count). The lowest BCUT2D eigenvalue weighted by Gasteiger charge is -2.31. The molecule has 1 aliphatic heterocycles. The van der Waals surface area contributed by atoms with Gasteiger partial charge in [0.1, 0.15) is 0 Å². The van der Waals surface area contributed by atoms with Gasteiger partial charge in [0.2, 0.25) is 0 Å². The molecule has 0 amide bonds. The van der Waals surface area contributed by atoms with E-state index >= 15 is 0 Å². The van der Waals surface area contributed by atoms with Gasteiger partial charge in [0.15, 0.2) is 0 Å². The Morgan fingerprint density at radius 3 is 3.00 bits per heavy atom. The van der Waals surface area contributed by atoms with E-state index in [4.69, 9.17) is 9.84 Å². The van der Waals surface area contributed by atoms with Crippen molar-refractivity contribution in [1.29, 1.82) is 0 Å². The molecule has 2 heterocycles. The molecule has 1 fully saturated rings. The van der Waals surface area contributed by atoms with Crippen LogP contribution in [0.25, 0.3) is 0 Å². The van der Waals surface area contributed by atoms with Crippen molar-refractivity contribution in [2.45, 2.75) is 26.5 Å². The Labute approximate surface area is 117 Å². The number of morpholine rings is 1. The van der Waals surface area contributed by atoms with Gasteiger partial charge in [-0.05, 0) is 13.8 Å². The second-order valence-corrected chi connectivity index (χ2v) is 5.03. The zero-order chi connectivity index (χ0) is 14.7. The van der Waals surface area contributed by atoms with E-state index in [-0.39, 0.29) is 23.3 Å². The fraction of sp³-hybridized carbons (Fsp3) is 0.615. The van der Waals surface area contributed by atoms with Crippen molar-refractivity contribution in [2.75, 3.05) is 26.3 Å². The normalized spacial score (nSPS) is 20.1. The van der Waals surface area contributed by atoms with E-state index in [1.54, 1.807) is 20.0 Å². The summed E-state index contributed by atoms with van der Waals surface area (Å²) in [5.74, 6) is 0. The third-order valence-electron chi connectivity index (χ3n) is 3.56. The van der Waals surface area contributed by atoms with E-state index < -0.39 is 0 Å². The van der Waals surface area contributed by atoms with Crippen LogP contribution in [0.1, 0.15) is 16.8 Å². The van der Waals surface area contributed by atoms with Gasteiger partial charge in [-0.15, -0.1) is 0 Å². The number of hydrogen-bond donors (Lipinski definition) is 1. The maximum absolute atomic E-state index is 11.1. The molecule has 0 saturated carbocycles. The molecule has 7 nitrogen and oxygen atoms in total. The van der Waals surface area contributed by atoms with Gasteiger partial charge < -0.3 is 9.84 Å². The molecule has 1 aliphatic rings. The van der Waals surface area contributed by atoms with Gasteiger partial charge in [0.25, 0.3) is 5.69 Å². The number of ether oxygens (including phenoxy) is 1. The largest absolute Gasteiger partial charge is 0.394 e. The van der Waals surface area contributed by atoms with Crippen molar-refractivity contribution < 1.29 is 14.8 Å². The highest BCUT2D eigenvalue weighted by Crippen LogP contribution is 2.25. The van der Waals surface area contributed by atoms with Crippen molar-refractivity contribution in [2.24, 2.45) is 0 Å². The van der Waals surface area contributed by atoms with Crippen molar-refractivity contribution in [3.8, 4) is 0 Å². The van der Waals surface area contributed by atoms with Crippen LogP contribution in [-0.4, -0.2) is 52.3 Å². The van der Waals surface area contributed by atoms with Crippen LogP contribution in [0.4, 0.5) is 5.69 Å². The number of aliphatic hydroxyl groups excluding tert-OH is 1. The van der Waals surface area contributed by atoms with E-state index in [1.807, 2.05) is 0 Å². The van der Waals surface area contributed by atoms with Gasteiger partial charge in [0.05, 0.1) is 29.9 Å². The number of nitro groups is 1. The lowest BCUT2D eigenvalue weighted by atomic mass is 10.1. The quantitative estimate of drug-likeness (QED) is 0.648. The first-order valence-corrected chi connectivity index (χ1v) is 6.57. The number of nitrogens with zero attached hydrogens (tertiary/aromatic N) is 3. The molecule has 1 saturated heterocycles. The van der Waals surface area contributed by atoms with Gasteiger partial charge in [-0.2, -0.15) is 0 Å². The molecule has 7 heteroatoms.